The van der Waals surface area contributed by atoms with E-state index >= 15 is 4.39 Å². The number of benzene rings is 1. The number of anilines is 2. The Bertz CT molecular complexity index is 1910. The highest BCUT2D eigenvalue weighted by Crippen LogP contribution is 2.51. The molecule has 10 nitrogen and oxygen atoms in total. The predicted molar refractivity (Wildman–Crippen MR) is 158 cm³/mol. The summed E-state index contributed by atoms with van der Waals surface area (Å²) in [5.74, 6) is -3.23. The molecule has 0 amide bonds. The monoisotopic (exact) mass is 588 g/mol. The maximum Gasteiger partial charge on any atom is 0.341 e. The van der Waals surface area contributed by atoms with Gasteiger partial charge in [0, 0.05) is 99.3 Å². The smallest absolute Gasteiger partial charge is 0.341 e. The highest BCUT2D eigenvalue weighted by molar-refractivity contribution is 5.98. The molecular formula is C31H30F2N6O4. The molecule has 2 aliphatic heterocycles. The van der Waals surface area contributed by atoms with Crippen molar-refractivity contribution < 1.29 is 23.4 Å². The number of ether oxygens (including phenoxy) is 1. The van der Waals surface area contributed by atoms with Gasteiger partial charge >= 0.3 is 5.97 Å². The molecule has 0 bridgehead atoms. The van der Waals surface area contributed by atoms with Crippen molar-refractivity contribution in [2.75, 3.05) is 57.1 Å². The van der Waals surface area contributed by atoms with Crippen LogP contribution in [0.15, 0.2) is 35.5 Å². The molecule has 7 rings (SSSR count). The lowest BCUT2D eigenvalue weighted by Crippen LogP contribution is -2.52. The highest BCUT2D eigenvalue weighted by atomic mass is 19.2. The van der Waals surface area contributed by atoms with Crippen molar-refractivity contribution in [3.8, 4) is 22.3 Å². The molecule has 0 saturated carbocycles. The van der Waals surface area contributed by atoms with Gasteiger partial charge in [-0.05, 0) is 25.1 Å². The molecule has 5 heterocycles. The van der Waals surface area contributed by atoms with Crippen molar-refractivity contribution in [2.24, 2.45) is 7.05 Å². The van der Waals surface area contributed by atoms with Crippen LogP contribution in [-0.4, -0.2) is 83.0 Å². The number of halogens is 2. The number of rotatable bonds is 4. The standard InChI is InChI=1S/C31H30F2N6O4/c1-34-22-10-21(32)26(33)24-17(22)9-23-25(24)27(39-5-4-31(15-39)14-37(2)6-7-43-31)19(12-35-23)16-8-18-28(40)20(30(41)42)13-38(3)29(18)36-11-16/h8,10-13,34H,4-7,9,14-15H2,1-3H3,(H,41,42). The van der Waals surface area contributed by atoms with Crippen LogP contribution in [0.5, 0.6) is 0 Å². The molecule has 43 heavy (non-hydrogen) atoms. The van der Waals surface area contributed by atoms with Gasteiger partial charge < -0.3 is 29.5 Å². The molecular weight excluding hydrogens is 558 g/mol. The van der Waals surface area contributed by atoms with Crippen molar-refractivity contribution in [1.82, 2.24) is 19.4 Å². The Morgan fingerprint density at radius 3 is 2.67 bits per heavy atom. The molecule has 1 aromatic carbocycles. The topological polar surface area (TPSA) is 113 Å². The average molecular weight is 589 g/mol. The lowest BCUT2D eigenvalue weighted by molar-refractivity contribution is -0.0885. The molecule has 2 saturated heterocycles. The second kappa shape index (κ2) is 9.81. The molecule has 3 aliphatic rings. The number of carbonyl (C=O) groups is 1. The third-order valence-electron chi connectivity index (χ3n) is 8.95. The van der Waals surface area contributed by atoms with Gasteiger partial charge in [0.2, 0.25) is 5.43 Å². The number of aryl methyl sites for hydroxylation is 1. The molecule has 1 aliphatic carbocycles. The molecule has 222 valence electrons. The maximum atomic E-state index is 15.7. The fourth-order valence-electron chi connectivity index (χ4n) is 6.96. The zero-order valence-corrected chi connectivity index (χ0v) is 24.0. The number of carboxylic acid groups (broad SMARTS) is 1. The van der Waals surface area contributed by atoms with Crippen LogP contribution in [0.1, 0.15) is 28.0 Å². The summed E-state index contributed by atoms with van der Waals surface area (Å²) >= 11 is 0. The van der Waals surface area contributed by atoms with Crippen LogP contribution in [0.4, 0.5) is 20.2 Å². The number of hydrogen-bond donors (Lipinski definition) is 2. The highest BCUT2D eigenvalue weighted by Gasteiger charge is 2.44. The third-order valence-corrected chi connectivity index (χ3v) is 8.95. The largest absolute Gasteiger partial charge is 0.477 e. The summed E-state index contributed by atoms with van der Waals surface area (Å²) in [4.78, 5) is 38.6. The third kappa shape index (κ3) is 4.19. The molecule has 4 aromatic rings. The number of nitrogens with zero attached hydrogens (tertiary/aromatic N) is 5. The Morgan fingerprint density at radius 1 is 1.12 bits per heavy atom. The van der Waals surface area contributed by atoms with Crippen LogP contribution in [0.25, 0.3) is 33.3 Å². The van der Waals surface area contributed by atoms with E-state index in [4.69, 9.17) is 9.72 Å². The van der Waals surface area contributed by atoms with Crippen LogP contribution in [0.2, 0.25) is 0 Å². The first kappa shape index (κ1) is 27.4. The zero-order valence-electron chi connectivity index (χ0n) is 24.0. The minimum absolute atomic E-state index is 0.136. The summed E-state index contributed by atoms with van der Waals surface area (Å²) in [6.07, 6.45) is 5.60. The van der Waals surface area contributed by atoms with Gasteiger partial charge in [0.25, 0.3) is 0 Å². The van der Waals surface area contributed by atoms with E-state index in [1.165, 1.54) is 16.8 Å². The second-order valence-electron chi connectivity index (χ2n) is 11.7. The number of aromatic carboxylic acids is 1. The molecule has 1 spiro atoms. The summed E-state index contributed by atoms with van der Waals surface area (Å²) in [6, 6.07) is 2.78. The predicted octanol–water partition coefficient (Wildman–Crippen LogP) is 3.50. The second-order valence-corrected chi connectivity index (χ2v) is 11.7. The van der Waals surface area contributed by atoms with Gasteiger partial charge in [-0.25, -0.2) is 18.6 Å². The lowest BCUT2D eigenvalue weighted by Gasteiger charge is -2.39. The van der Waals surface area contributed by atoms with E-state index in [2.05, 4.69) is 27.1 Å². The Kier molecular flexibility index (Phi) is 6.26. The molecule has 3 aromatic heterocycles. The Balaban J connectivity index is 1.48. The van der Waals surface area contributed by atoms with Gasteiger partial charge in [-0.15, -0.1) is 0 Å². The number of hydrogen-bond acceptors (Lipinski definition) is 8. The molecule has 2 N–H and O–H groups in total. The average Bonchev–Trinajstić information content (AvgIpc) is 3.57. The van der Waals surface area contributed by atoms with Gasteiger partial charge in [-0.2, -0.15) is 0 Å². The van der Waals surface area contributed by atoms with Crippen molar-refractivity contribution in [2.45, 2.75) is 18.4 Å². The van der Waals surface area contributed by atoms with Crippen molar-refractivity contribution in [1.29, 1.82) is 0 Å². The number of carboxylic acids is 1. The number of morpholine rings is 1. The van der Waals surface area contributed by atoms with E-state index in [1.54, 1.807) is 32.6 Å². The zero-order chi connectivity index (χ0) is 30.2. The van der Waals surface area contributed by atoms with Crippen LogP contribution in [0.3, 0.4) is 0 Å². The summed E-state index contributed by atoms with van der Waals surface area (Å²) in [5.41, 5.74) is 3.06. The SMILES string of the molecule is CNc1cc(F)c(F)c2c1Cc1ncc(-c3cnc4c(c3)c(=O)c(C(=O)O)cn4C)c(N3CCC4(CN(C)CCO4)C3)c1-2. The first-order chi connectivity index (χ1) is 20.6. The normalized spacial score (nSPS) is 19.7. The molecule has 1 unspecified atom stereocenters. The number of fused-ring (bicyclic) bond motifs is 4. The summed E-state index contributed by atoms with van der Waals surface area (Å²) < 4.78 is 38.5. The number of nitrogens with one attached hydrogen (secondary N) is 1. The summed E-state index contributed by atoms with van der Waals surface area (Å²) in [6.45, 7) is 3.30. The first-order valence-corrected chi connectivity index (χ1v) is 14.1. The Morgan fingerprint density at radius 2 is 1.93 bits per heavy atom. The van der Waals surface area contributed by atoms with Crippen LogP contribution in [0, 0.1) is 11.6 Å². The van der Waals surface area contributed by atoms with Crippen molar-refractivity contribution >= 4 is 28.4 Å². The number of pyridine rings is 3. The van der Waals surface area contributed by atoms with Crippen molar-refractivity contribution in [3.63, 3.8) is 0 Å². The van der Waals surface area contributed by atoms with E-state index in [-0.39, 0.29) is 16.5 Å². The molecule has 1 atom stereocenters. The van der Waals surface area contributed by atoms with Gasteiger partial charge in [0.15, 0.2) is 11.6 Å². The van der Waals surface area contributed by atoms with E-state index in [1.807, 2.05) is 0 Å². The van der Waals surface area contributed by atoms with E-state index < -0.39 is 28.6 Å². The van der Waals surface area contributed by atoms with Gasteiger partial charge in [-0.1, -0.05) is 0 Å². The minimum Gasteiger partial charge on any atom is -0.477 e. The van der Waals surface area contributed by atoms with Gasteiger partial charge in [0.1, 0.15) is 11.2 Å². The van der Waals surface area contributed by atoms with E-state index in [0.29, 0.717) is 71.1 Å². The van der Waals surface area contributed by atoms with E-state index in [0.717, 1.165) is 19.5 Å². The Hall–Kier alpha value is -4.42. The van der Waals surface area contributed by atoms with Crippen LogP contribution >= 0.6 is 0 Å². The van der Waals surface area contributed by atoms with Gasteiger partial charge in [0.05, 0.1) is 29.0 Å². The quantitative estimate of drug-likeness (QED) is 0.326. The fourth-order valence-corrected chi connectivity index (χ4v) is 6.96. The molecule has 0 radical (unpaired) electrons. The molecule has 2 fully saturated rings. The van der Waals surface area contributed by atoms with Gasteiger partial charge in [-0.3, -0.25) is 9.78 Å². The van der Waals surface area contributed by atoms with Crippen molar-refractivity contribution in [3.05, 3.63) is 69.4 Å². The Labute approximate surface area is 245 Å². The maximum absolute atomic E-state index is 15.7. The first-order valence-electron chi connectivity index (χ1n) is 14.1. The lowest BCUT2D eigenvalue weighted by atomic mass is 9.96. The number of likely N-dealkylation sites (N-methyl/N-ethyl adjacent to an activating group) is 1. The summed E-state index contributed by atoms with van der Waals surface area (Å²) in [7, 11) is 5.36. The minimum atomic E-state index is -1.33. The fraction of sp³-hybridized carbons (Fsp3) is 0.355. The van der Waals surface area contributed by atoms with Crippen LogP contribution in [-0.2, 0) is 18.2 Å². The number of aromatic nitrogens is 3. The van der Waals surface area contributed by atoms with Crippen LogP contribution < -0.4 is 15.6 Å². The van der Waals surface area contributed by atoms with E-state index in [9.17, 15) is 19.1 Å². The summed E-state index contributed by atoms with van der Waals surface area (Å²) in [5, 5.41) is 12.7. The molecule has 12 heteroatoms.